The summed E-state index contributed by atoms with van der Waals surface area (Å²) in [5.41, 5.74) is -2.67. The summed E-state index contributed by atoms with van der Waals surface area (Å²) in [6.45, 7) is 0. The van der Waals surface area contributed by atoms with Crippen molar-refractivity contribution in [1.82, 2.24) is 4.98 Å². The number of ether oxygens (including phenoxy) is 1. The second kappa shape index (κ2) is 5.69. The highest BCUT2D eigenvalue weighted by Gasteiger charge is 2.40. The van der Waals surface area contributed by atoms with Gasteiger partial charge < -0.3 is 4.74 Å². The molecule has 0 spiro atoms. The van der Waals surface area contributed by atoms with Crippen LogP contribution in [0.15, 0.2) is 11.1 Å². The quantitative estimate of drug-likeness (QED) is 0.458. The summed E-state index contributed by atoms with van der Waals surface area (Å²) in [5, 5.41) is -1.51. The van der Waals surface area contributed by atoms with Crippen molar-refractivity contribution in [2.45, 2.75) is 23.4 Å². The van der Waals surface area contributed by atoms with Crippen molar-refractivity contribution in [3.8, 4) is 5.75 Å². The molecule has 13 heteroatoms. The Balaban J connectivity index is 3.66. The molecule has 1 aromatic rings. The predicted molar refractivity (Wildman–Crippen MR) is 58.5 cm³/mol. The molecular weight excluding hydrogens is 375 g/mol. The van der Waals surface area contributed by atoms with Gasteiger partial charge in [-0.2, -0.15) is 13.2 Å². The van der Waals surface area contributed by atoms with Crippen molar-refractivity contribution in [3.05, 3.63) is 17.3 Å². The number of alkyl halides is 7. The van der Waals surface area contributed by atoms with Crippen LogP contribution >= 0.6 is 22.3 Å². The largest absolute Gasteiger partial charge is 0.573 e. The van der Waals surface area contributed by atoms with Gasteiger partial charge in [-0.05, 0) is 6.07 Å². The summed E-state index contributed by atoms with van der Waals surface area (Å²) < 4.78 is 99.8. The molecule has 0 N–H and O–H groups in total. The fourth-order valence-corrected chi connectivity index (χ4v) is 2.33. The molecule has 0 saturated heterocycles. The number of halogens is 8. The molecule has 120 valence electrons. The van der Waals surface area contributed by atoms with Gasteiger partial charge in [0.25, 0.3) is 9.05 Å². The molecule has 1 heterocycles. The zero-order valence-corrected chi connectivity index (χ0v) is 11.7. The Morgan fingerprint density at radius 2 is 1.71 bits per heavy atom. The van der Waals surface area contributed by atoms with Crippen LogP contribution in [0.5, 0.6) is 5.75 Å². The lowest BCUT2D eigenvalue weighted by molar-refractivity contribution is -0.276. The smallest absolute Gasteiger partial charge is 0.403 e. The van der Waals surface area contributed by atoms with E-state index >= 15 is 0 Å². The fraction of sp³-hybridized carbons (Fsp3) is 0.375. The maximum Gasteiger partial charge on any atom is 0.573 e. The molecule has 4 nitrogen and oxygen atoms in total. The first-order valence-corrected chi connectivity index (χ1v) is 7.47. The minimum Gasteiger partial charge on any atom is -0.403 e. The van der Waals surface area contributed by atoms with Crippen LogP contribution in [0.3, 0.4) is 0 Å². The van der Waals surface area contributed by atoms with E-state index in [0.29, 0.717) is 0 Å². The Morgan fingerprint density at radius 3 is 2.05 bits per heavy atom. The van der Waals surface area contributed by atoms with E-state index in [2.05, 4.69) is 9.72 Å². The van der Waals surface area contributed by atoms with Gasteiger partial charge in [0.15, 0.2) is 5.75 Å². The van der Waals surface area contributed by atoms with Crippen LogP contribution in [0.25, 0.3) is 0 Å². The maximum atomic E-state index is 12.7. The topological polar surface area (TPSA) is 56.3 Å². The van der Waals surface area contributed by atoms with E-state index in [0.717, 1.165) is 0 Å². The number of hydrogen-bond acceptors (Lipinski definition) is 4. The molecule has 0 aliphatic rings. The molecule has 0 aliphatic carbocycles. The Hall–Kier alpha value is -0.940. The maximum absolute atomic E-state index is 12.7. The molecule has 0 aromatic carbocycles. The van der Waals surface area contributed by atoms with Crippen LogP contribution < -0.4 is 4.74 Å². The lowest BCUT2D eigenvalue weighted by Crippen LogP contribution is -2.21. The third kappa shape index (κ3) is 4.78. The lowest BCUT2D eigenvalue weighted by atomic mass is 10.2. The summed E-state index contributed by atoms with van der Waals surface area (Å²) >= 11 is 5.18. The number of pyridine rings is 1. The van der Waals surface area contributed by atoms with E-state index in [4.69, 9.17) is 22.3 Å². The zero-order chi connectivity index (χ0) is 16.6. The molecule has 1 rings (SSSR count). The van der Waals surface area contributed by atoms with Gasteiger partial charge in [-0.15, -0.1) is 24.8 Å². The summed E-state index contributed by atoms with van der Waals surface area (Å²) in [4.78, 5) is 2.92. The van der Waals surface area contributed by atoms with E-state index < -0.39 is 49.5 Å². The highest BCUT2D eigenvalue weighted by molar-refractivity contribution is 8.13. The van der Waals surface area contributed by atoms with Crippen LogP contribution in [0.2, 0.25) is 0 Å². The van der Waals surface area contributed by atoms with Gasteiger partial charge in [0.1, 0.15) is 0 Å². The Bertz CT molecular complexity index is 643. The molecule has 0 bridgehead atoms. The molecule has 0 unspecified atom stereocenters. The predicted octanol–water partition coefficient (Wildman–Crippen LogP) is 3.67. The highest BCUT2D eigenvalue weighted by atomic mass is 35.7. The van der Waals surface area contributed by atoms with Crippen molar-refractivity contribution >= 4 is 31.3 Å². The number of rotatable bonds is 3. The van der Waals surface area contributed by atoms with Gasteiger partial charge in [0, 0.05) is 10.7 Å². The van der Waals surface area contributed by atoms with E-state index in [1.165, 1.54) is 0 Å². The first-order chi connectivity index (χ1) is 9.25. The molecular formula is C8H3Cl2F6NO3S. The molecule has 0 saturated carbocycles. The van der Waals surface area contributed by atoms with Crippen LogP contribution in [0, 0.1) is 0 Å². The van der Waals surface area contributed by atoms with Gasteiger partial charge >= 0.3 is 12.5 Å². The van der Waals surface area contributed by atoms with Gasteiger partial charge in [-0.1, -0.05) is 0 Å². The molecule has 0 fully saturated rings. The second-order valence-corrected chi connectivity index (χ2v) is 6.15. The fourth-order valence-electron chi connectivity index (χ4n) is 1.23. The van der Waals surface area contributed by atoms with Crippen molar-refractivity contribution in [1.29, 1.82) is 0 Å². The van der Waals surface area contributed by atoms with Crippen molar-refractivity contribution < 1.29 is 39.5 Å². The van der Waals surface area contributed by atoms with E-state index in [1.807, 2.05) is 0 Å². The number of aromatic nitrogens is 1. The number of nitrogens with zero attached hydrogens (tertiary/aromatic N) is 1. The Morgan fingerprint density at radius 1 is 1.19 bits per heavy atom. The van der Waals surface area contributed by atoms with Gasteiger partial charge in [0.05, 0.1) is 17.1 Å². The van der Waals surface area contributed by atoms with Crippen molar-refractivity contribution in [2.75, 3.05) is 0 Å². The van der Waals surface area contributed by atoms with Crippen molar-refractivity contribution in [3.63, 3.8) is 0 Å². The third-order valence-corrected chi connectivity index (χ3v) is 3.37. The second-order valence-electron chi connectivity index (χ2n) is 3.40. The molecule has 1 aromatic heterocycles. The third-order valence-electron chi connectivity index (χ3n) is 1.92. The minimum absolute atomic E-state index is 0.173. The van der Waals surface area contributed by atoms with E-state index in [-0.39, 0.29) is 6.07 Å². The molecule has 0 amide bonds. The standard InChI is InChI=1S/C8H3Cl2F6NO3S/c9-2-4-3(7(11,12)13)1-5(20-8(14,15)16)6(17-4)21(10,18)19/h1H,2H2. The Labute approximate surface area is 123 Å². The minimum atomic E-state index is -5.44. The summed E-state index contributed by atoms with van der Waals surface area (Å²) in [6, 6.07) is -0.173. The summed E-state index contributed by atoms with van der Waals surface area (Å²) in [7, 11) is -0.0644. The first kappa shape index (κ1) is 18.1. The monoisotopic (exact) mass is 377 g/mol. The zero-order valence-electron chi connectivity index (χ0n) is 9.39. The lowest BCUT2D eigenvalue weighted by Gasteiger charge is -2.16. The van der Waals surface area contributed by atoms with Crippen LogP contribution in [0.1, 0.15) is 11.3 Å². The van der Waals surface area contributed by atoms with Crippen LogP contribution in [0.4, 0.5) is 26.3 Å². The molecule has 0 atom stereocenters. The van der Waals surface area contributed by atoms with Gasteiger partial charge in [0.2, 0.25) is 5.03 Å². The van der Waals surface area contributed by atoms with Gasteiger partial charge in [-0.25, -0.2) is 13.4 Å². The van der Waals surface area contributed by atoms with Crippen molar-refractivity contribution in [2.24, 2.45) is 0 Å². The first-order valence-electron chi connectivity index (χ1n) is 4.63. The van der Waals surface area contributed by atoms with E-state index in [1.54, 1.807) is 0 Å². The highest BCUT2D eigenvalue weighted by Crippen LogP contribution is 2.38. The normalized spacial score (nSPS) is 13.3. The van der Waals surface area contributed by atoms with Gasteiger partial charge in [-0.3, -0.25) is 0 Å². The van der Waals surface area contributed by atoms with Crippen LogP contribution in [-0.2, 0) is 21.1 Å². The Kier molecular flexibility index (Phi) is 4.91. The van der Waals surface area contributed by atoms with E-state index in [9.17, 15) is 34.8 Å². The van der Waals surface area contributed by atoms with Crippen LogP contribution in [-0.4, -0.2) is 19.8 Å². The summed E-state index contributed by atoms with van der Waals surface area (Å²) in [6.07, 6.45) is -10.6. The average molecular weight is 378 g/mol. The molecule has 0 aliphatic heterocycles. The number of hydrogen-bond donors (Lipinski definition) is 0. The molecule has 0 radical (unpaired) electrons. The molecule has 21 heavy (non-hydrogen) atoms. The average Bonchev–Trinajstić information content (AvgIpc) is 2.23. The summed E-state index contributed by atoms with van der Waals surface area (Å²) in [5.74, 6) is -2.60. The SMILES string of the molecule is O=S(=O)(Cl)c1nc(CCl)c(C(F)(F)F)cc1OC(F)(F)F.